The van der Waals surface area contributed by atoms with Crippen LogP contribution in [0.2, 0.25) is 0 Å². The maximum atomic E-state index is 13.3. The Balaban J connectivity index is 1.78. The van der Waals surface area contributed by atoms with Gasteiger partial charge in [-0.05, 0) is 24.0 Å². The molecule has 0 saturated carbocycles. The molecule has 4 aromatic rings. The second-order valence-electron chi connectivity index (χ2n) is 7.47. The number of nitrogens with zero attached hydrogens (tertiary/aromatic N) is 2. The van der Waals surface area contributed by atoms with E-state index in [2.05, 4.69) is 31.0 Å². The van der Waals surface area contributed by atoms with Gasteiger partial charge >= 0.3 is 0 Å². The van der Waals surface area contributed by atoms with Crippen LogP contribution in [-0.2, 0) is 0 Å². The molecule has 29 heavy (non-hydrogen) atoms. The summed E-state index contributed by atoms with van der Waals surface area (Å²) in [5, 5.41) is 2.54. The molecule has 1 unspecified atom stereocenters. The second kappa shape index (κ2) is 7.76. The summed E-state index contributed by atoms with van der Waals surface area (Å²) in [5.74, 6) is 0.346. The van der Waals surface area contributed by atoms with Gasteiger partial charge in [-0.3, -0.25) is 14.2 Å². The molecular weight excluding hydrogens is 380 g/mol. The zero-order valence-electron chi connectivity index (χ0n) is 16.6. The molecule has 0 aliphatic rings. The SMILES string of the molecule is CC(C)c1ccc(-c2csc3ncn(C(C)C(=O)c4ccccc4)c(=O)c23)cc1. The van der Waals surface area contributed by atoms with Gasteiger partial charge in [-0.1, -0.05) is 68.4 Å². The number of fused-ring (bicyclic) bond motifs is 1. The van der Waals surface area contributed by atoms with Crippen LogP contribution in [0.15, 0.2) is 71.1 Å². The highest BCUT2D eigenvalue weighted by molar-refractivity contribution is 7.17. The molecule has 5 heteroatoms. The van der Waals surface area contributed by atoms with Crippen molar-refractivity contribution in [3.05, 3.63) is 87.8 Å². The van der Waals surface area contributed by atoms with Gasteiger partial charge in [0.15, 0.2) is 5.78 Å². The molecule has 0 aliphatic carbocycles. The largest absolute Gasteiger partial charge is 0.292 e. The number of hydrogen-bond donors (Lipinski definition) is 0. The average Bonchev–Trinajstić information content (AvgIpc) is 3.19. The zero-order chi connectivity index (χ0) is 20.5. The lowest BCUT2D eigenvalue weighted by Crippen LogP contribution is -2.28. The van der Waals surface area contributed by atoms with Gasteiger partial charge in [-0.25, -0.2) is 4.98 Å². The summed E-state index contributed by atoms with van der Waals surface area (Å²) < 4.78 is 1.44. The van der Waals surface area contributed by atoms with Crippen molar-refractivity contribution in [1.82, 2.24) is 9.55 Å². The number of ketones is 1. The van der Waals surface area contributed by atoms with Gasteiger partial charge in [0, 0.05) is 16.5 Å². The first-order chi connectivity index (χ1) is 14.0. The molecule has 0 fully saturated rings. The van der Waals surface area contributed by atoms with Crippen LogP contribution in [-0.4, -0.2) is 15.3 Å². The summed E-state index contributed by atoms with van der Waals surface area (Å²) in [6.07, 6.45) is 1.48. The molecule has 0 radical (unpaired) electrons. The third-order valence-corrected chi connectivity index (χ3v) is 6.15. The number of carbonyl (C=O) groups is 1. The maximum absolute atomic E-state index is 13.3. The lowest BCUT2D eigenvalue weighted by atomic mass is 9.99. The number of Topliss-reactive ketones (excluding diaryl/α,β-unsaturated/α-hetero) is 1. The van der Waals surface area contributed by atoms with Crippen molar-refractivity contribution in [2.24, 2.45) is 0 Å². The first-order valence-corrected chi connectivity index (χ1v) is 10.5. The number of aromatic nitrogens is 2. The minimum absolute atomic E-state index is 0.105. The summed E-state index contributed by atoms with van der Waals surface area (Å²) in [7, 11) is 0. The molecule has 0 bridgehead atoms. The van der Waals surface area contributed by atoms with Crippen LogP contribution in [0.5, 0.6) is 0 Å². The van der Waals surface area contributed by atoms with Gasteiger partial charge in [0.2, 0.25) is 0 Å². The third kappa shape index (κ3) is 3.54. The molecule has 2 heterocycles. The van der Waals surface area contributed by atoms with Crippen LogP contribution in [0.3, 0.4) is 0 Å². The molecule has 0 aliphatic heterocycles. The highest BCUT2D eigenvalue weighted by Gasteiger charge is 2.21. The Morgan fingerprint density at radius 2 is 1.69 bits per heavy atom. The van der Waals surface area contributed by atoms with Crippen LogP contribution < -0.4 is 5.56 Å². The monoisotopic (exact) mass is 402 g/mol. The van der Waals surface area contributed by atoms with Gasteiger partial charge in [-0.15, -0.1) is 11.3 Å². The zero-order valence-corrected chi connectivity index (χ0v) is 17.4. The fourth-order valence-electron chi connectivity index (χ4n) is 3.45. The molecule has 4 rings (SSSR count). The number of hydrogen-bond acceptors (Lipinski definition) is 4. The van der Waals surface area contributed by atoms with Gasteiger partial charge in [0.1, 0.15) is 4.83 Å². The predicted molar refractivity (Wildman–Crippen MR) is 119 cm³/mol. The summed E-state index contributed by atoms with van der Waals surface area (Å²) in [6.45, 7) is 6.05. The van der Waals surface area contributed by atoms with Crippen molar-refractivity contribution in [3.63, 3.8) is 0 Å². The molecule has 0 spiro atoms. The smallest absolute Gasteiger partial charge is 0.263 e. The minimum atomic E-state index is -0.627. The van der Waals surface area contributed by atoms with Crippen LogP contribution in [0.1, 0.15) is 48.7 Å². The third-order valence-electron chi connectivity index (χ3n) is 5.26. The van der Waals surface area contributed by atoms with Crippen LogP contribution in [0.4, 0.5) is 0 Å². The summed E-state index contributed by atoms with van der Waals surface area (Å²) in [5.41, 5.74) is 3.51. The van der Waals surface area contributed by atoms with Crippen LogP contribution >= 0.6 is 11.3 Å². The molecule has 2 aromatic carbocycles. The van der Waals surface area contributed by atoms with E-state index in [1.54, 1.807) is 19.1 Å². The predicted octanol–water partition coefficient (Wildman–Crippen LogP) is 5.69. The Hall–Kier alpha value is -3.05. The molecule has 0 amide bonds. The highest BCUT2D eigenvalue weighted by atomic mass is 32.1. The van der Waals surface area contributed by atoms with Crippen molar-refractivity contribution < 1.29 is 4.79 Å². The summed E-state index contributed by atoms with van der Waals surface area (Å²) >= 11 is 1.45. The van der Waals surface area contributed by atoms with Crippen LogP contribution in [0.25, 0.3) is 21.3 Å². The van der Waals surface area contributed by atoms with Gasteiger partial charge < -0.3 is 0 Å². The van der Waals surface area contributed by atoms with Gasteiger partial charge in [0.25, 0.3) is 5.56 Å². The Labute approximate surface area is 173 Å². The van der Waals surface area contributed by atoms with E-state index in [-0.39, 0.29) is 11.3 Å². The topological polar surface area (TPSA) is 52.0 Å². The fraction of sp³-hybridized carbons (Fsp3) is 0.208. The van der Waals surface area contributed by atoms with Gasteiger partial charge in [-0.2, -0.15) is 0 Å². The normalized spacial score (nSPS) is 12.4. The Bertz CT molecular complexity index is 1220. The average molecular weight is 403 g/mol. The molecule has 0 N–H and O–H groups in total. The lowest BCUT2D eigenvalue weighted by Gasteiger charge is -2.14. The van der Waals surface area contributed by atoms with Crippen molar-refractivity contribution in [2.75, 3.05) is 0 Å². The highest BCUT2D eigenvalue weighted by Crippen LogP contribution is 2.32. The first-order valence-electron chi connectivity index (χ1n) is 9.65. The molecule has 4 nitrogen and oxygen atoms in total. The number of thiophene rings is 1. The van der Waals surface area contributed by atoms with E-state index in [9.17, 15) is 9.59 Å². The molecule has 1 atom stereocenters. The number of rotatable bonds is 5. The van der Waals surface area contributed by atoms with E-state index in [1.165, 1.54) is 27.8 Å². The lowest BCUT2D eigenvalue weighted by molar-refractivity contribution is 0.0932. The van der Waals surface area contributed by atoms with Crippen molar-refractivity contribution >= 4 is 27.3 Å². The van der Waals surface area contributed by atoms with Crippen LogP contribution in [0, 0.1) is 0 Å². The number of carbonyl (C=O) groups excluding carboxylic acids is 1. The van der Waals surface area contributed by atoms with Crippen molar-refractivity contribution in [2.45, 2.75) is 32.7 Å². The maximum Gasteiger partial charge on any atom is 0.263 e. The van der Waals surface area contributed by atoms with E-state index in [4.69, 9.17) is 0 Å². The summed E-state index contributed by atoms with van der Waals surface area (Å²) in [6, 6.07) is 16.7. The molecule has 2 aromatic heterocycles. The van der Waals surface area contributed by atoms with E-state index in [1.807, 2.05) is 35.7 Å². The Morgan fingerprint density at radius 1 is 1.00 bits per heavy atom. The Kier molecular flexibility index (Phi) is 5.16. The second-order valence-corrected chi connectivity index (χ2v) is 8.33. The quantitative estimate of drug-likeness (QED) is 0.403. The Morgan fingerprint density at radius 3 is 2.34 bits per heavy atom. The molecular formula is C24H22N2O2S. The van der Waals surface area contributed by atoms with E-state index in [0.717, 1.165) is 11.1 Å². The van der Waals surface area contributed by atoms with Crippen molar-refractivity contribution in [1.29, 1.82) is 0 Å². The van der Waals surface area contributed by atoms with Gasteiger partial charge in [0.05, 0.1) is 17.8 Å². The summed E-state index contributed by atoms with van der Waals surface area (Å²) in [4.78, 5) is 31.3. The fourth-order valence-corrected chi connectivity index (χ4v) is 4.36. The molecule has 0 saturated heterocycles. The standard InChI is InChI=1S/C24H22N2O2S/c1-15(2)17-9-11-18(12-10-17)20-13-29-23-21(20)24(28)26(14-25-23)16(3)22(27)19-7-5-4-6-8-19/h4-16H,1-3H3. The van der Waals surface area contributed by atoms with E-state index in [0.29, 0.717) is 21.7 Å². The first kappa shape index (κ1) is 19.3. The van der Waals surface area contributed by atoms with Crippen molar-refractivity contribution in [3.8, 4) is 11.1 Å². The minimum Gasteiger partial charge on any atom is -0.292 e. The van der Waals surface area contributed by atoms with E-state index >= 15 is 0 Å². The van der Waals surface area contributed by atoms with E-state index < -0.39 is 6.04 Å². The molecule has 146 valence electrons. The number of benzene rings is 2.